The second-order valence-corrected chi connectivity index (χ2v) is 15.4. The second kappa shape index (κ2) is 12.9. The molecule has 2 aliphatic carbocycles. The van der Waals surface area contributed by atoms with Crippen molar-refractivity contribution < 1.29 is 19.4 Å². The highest BCUT2D eigenvalue weighted by atomic mass is 35.5. The number of anilines is 1. The van der Waals surface area contributed by atoms with E-state index < -0.39 is 6.10 Å². The molecule has 0 aromatic heterocycles. The molecule has 2 bridgehead atoms. The molecular weight excluding hydrogens is 592 g/mol. The number of nitrogens with zero attached hydrogens (tertiary/aromatic N) is 1. The van der Waals surface area contributed by atoms with E-state index in [1.54, 1.807) is 0 Å². The minimum Gasteiger partial charge on any atom is -0.490 e. The minimum absolute atomic E-state index is 0.0708. The number of aliphatic hydroxyl groups is 1. The number of amides is 1. The van der Waals surface area contributed by atoms with Crippen LogP contribution in [0.3, 0.4) is 0 Å². The van der Waals surface area contributed by atoms with Crippen molar-refractivity contribution in [3.63, 3.8) is 0 Å². The van der Waals surface area contributed by atoms with Gasteiger partial charge >= 0.3 is 0 Å². The number of hydrogen-bond donors (Lipinski definition) is 2. The summed E-state index contributed by atoms with van der Waals surface area (Å²) in [7, 11) is 0. The summed E-state index contributed by atoms with van der Waals surface area (Å²) < 4.78 is 15.8. The molecule has 1 saturated heterocycles. The minimum atomic E-state index is -0.446. The number of carbonyl (C=O) groups is 1. The van der Waals surface area contributed by atoms with Crippen molar-refractivity contribution in [3.05, 3.63) is 70.3 Å². The molecule has 3 heterocycles. The first-order chi connectivity index (χ1) is 21.4. The molecule has 6 nitrogen and oxygen atoms in total. The number of carbonyl (C=O) groups excluding carboxylic acids is 1. The van der Waals surface area contributed by atoms with Crippen LogP contribution in [0, 0.1) is 17.8 Å². The number of allylic oxidation sites excluding steroid dienone is 1. The predicted octanol–water partition coefficient (Wildman–Crippen LogP) is 7.11. The first kappa shape index (κ1) is 30.5. The fourth-order valence-corrected chi connectivity index (χ4v) is 9.44. The molecule has 1 saturated carbocycles. The van der Waals surface area contributed by atoms with Gasteiger partial charge in [0.1, 0.15) is 5.75 Å². The Kier molecular flexibility index (Phi) is 8.93. The average Bonchev–Trinajstić information content (AvgIpc) is 3.47. The highest BCUT2D eigenvalue weighted by Gasteiger charge is 2.44. The second-order valence-electron chi connectivity index (χ2n) is 13.9. The number of nitrogens with one attached hydrogen (secondary N) is 1. The molecule has 3 aliphatic heterocycles. The highest BCUT2D eigenvalue weighted by Crippen LogP contribution is 2.47. The standard InChI is InChI=1S/C36H45ClN2O4S/c1-23-5-2-8-32(40)29-12-9-26(29)20-39-21-36(15-3-6-24-17-27(37)11-13-30(24)36)22-43-33-14-10-25(18-31(33)39)35(41)38-44-34(23)19-28-7-4-16-42-28/h2,8,10-11,13-14,17-18,23,26,28-29,32,34,40H,3-7,9,12,15-16,19-22H2,1H3,(H,38,41)/b8-2-/t23-,26+,28-,29-,32+,34-,36+/m1/s1. The molecule has 0 radical (unpaired) electrons. The Morgan fingerprint density at radius 1 is 1.16 bits per heavy atom. The number of fused-ring (bicyclic) bond motifs is 4. The van der Waals surface area contributed by atoms with Gasteiger partial charge in [0.15, 0.2) is 0 Å². The van der Waals surface area contributed by atoms with E-state index >= 15 is 0 Å². The van der Waals surface area contributed by atoms with E-state index in [0.29, 0.717) is 24.0 Å². The maximum absolute atomic E-state index is 13.6. The molecule has 1 spiro atoms. The molecule has 44 heavy (non-hydrogen) atoms. The Labute approximate surface area is 271 Å². The number of halogens is 1. The zero-order valence-corrected chi connectivity index (χ0v) is 27.3. The van der Waals surface area contributed by atoms with E-state index in [-0.39, 0.29) is 28.6 Å². The van der Waals surface area contributed by atoms with Crippen LogP contribution in [-0.2, 0) is 16.6 Å². The van der Waals surface area contributed by atoms with Crippen molar-refractivity contribution in [2.75, 3.05) is 31.2 Å². The quantitative estimate of drug-likeness (QED) is 0.270. The number of aliphatic hydroxyl groups excluding tert-OH is 1. The fraction of sp³-hybridized carbons (Fsp3) is 0.583. The molecular formula is C36H45ClN2O4S. The molecule has 0 unspecified atom stereocenters. The summed E-state index contributed by atoms with van der Waals surface area (Å²) >= 11 is 7.97. The zero-order valence-electron chi connectivity index (χ0n) is 25.7. The molecule has 7 atom stereocenters. The number of benzene rings is 2. The number of rotatable bonds is 2. The van der Waals surface area contributed by atoms with E-state index in [9.17, 15) is 9.90 Å². The largest absolute Gasteiger partial charge is 0.490 e. The third-order valence-electron chi connectivity index (χ3n) is 11.0. The van der Waals surface area contributed by atoms with Crippen molar-refractivity contribution in [2.45, 2.75) is 87.6 Å². The summed E-state index contributed by atoms with van der Waals surface area (Å²) in [5, 5.41) is 12.3. The van der Waals surface area contributed by atoms with Crippen LogP contribution in [0.2, 0.25) is 5.02 Å². The first-order valence-corrected chi connectivity index (χ1v) is 17.9. The number of aryl methyl sites for hydroxylation is 1. The predicted molar refractivity (Wildman–Crippen MR) is 178 cm³/mol. The lowest BCUT2D eigenvalue weighted by molar-refractivity contribution is 0.0455. The smallest absolute Gasteiger partial charge is 0.261 e. The van der Waals surface area contributed by atoms with Gasteiger partial charge in [0.25, 0.3) is 5.91 Å². The van der Waals surface area contributed by atoms with Crippen LogP contribution in [0.5, 0.6) is 5.75 Å². The number of hydrogen-bond acceptors (Lipinski definition) is 6. The molecule has 2 N–H and O–H groups in total. The van der Waals surface area contributed by atoms with Crippen molar-refractivity contribution in [1.82, 2.24) is 4.72 Å². The topological polar surface area (TPSA) is 71.0 Å². The number of ether oxygens (including phenoxy) is 2. The van der Waals surface area contributed by atoms with E-state index in [4.69, 9.17) is 21.1 Å². The average molecular weight is 637 g/mol. The molecule has 5 aliphatic rings. The Morgan fingerprint density at radius 2 is 2.07 bits per heavy atom. The molecule has 2 aromatic rings. The van der Waals surface area contributed by atoms with Crippen molar-refractivity contribution in [2.24, 2.45) is 17.8 Å². The Morgan fingerprint density at radius 3 is 2.89 bits per heavy atom. The van der Waals surface area contributed by atoms with Gasteiger partial charge in [-0.3, -0.25) is 9.52 Å². The lowest BCUT2D eigenvalue weighted by Gasteiger charge is -2.45. The van der Waals surface area contributed by atoms with Gasteiger partial charge < -0.3 is 19.5 Å². The van der Waals surface area contributed by atoms with Gasteiger partial charge in [0.2, 0.25) is 0 Å². The summed E-state index contributed by atoms with van der Waals surface area (Å²) in [6.45, 7) is 5.30. The molecule has 2 aromatic carbocycles. The third kappa shape index (κ3) is 6.14. The molecule has 7 rings (SSSR count). The summed E-state index contributed by atoms with van der Waals surface area (Å²) in [4.78, 5) is 16.1. The third-order valence-corrected chi connectivity index (χ3v) is 12.5. The SMILES string of the molecule is C[C@@H]1C/C=C\[C@H](O)[C@@H]2CC[C@H]2CN2C[C@@]3(CCCc4cc(Cl)ccc43)COc3ccc(cc32)C(=O)NS[C@@H]1C[C@H]1CCCO1. The van der Waals surface area contributed by atoms with E-state index in [1.807, 2.05) is 30.3 Å². The molecule has 236 valence electrons. The van der Waals surface area contributed by atoms with Crippen molar-refractivity contribution >= 4 is 35.1 Å². The maximum atomic E-state index is 13.6. The monoisotopic (exact) mass is 636 g/mol. The van der Waals surface area contributed by atoms with Gasteiger partial charge in [-0.25, -0.2) is 0 Å². The summed E-state index contributed by atoms with van der Waals surface area (Å²) in [5.74, 6) is 1.70. The van der Waals surface area contributed by atoms with Crippen LogP contribution in [0.25, 0.3) is 0 Å². The van der Waals surface area contributed by atoms with Crippen LogP contribution in [0.1, 0.15) is 79.8 Å². The summed E-state index contributed by atoms with van der Waals surface area (Å²) in [6.07, 6.45) is 13.2. The fourth-order valence-electron chi connectivity index (χ4n) is 8.21. The van der Waals surface area contributed by atoms with Crippen molar-refractivity contribution in [3.8, 4) is 5.75 Å². The molecule has 8 heteroatoms. The Balaban J connectivity index is 1.22. The lowest BCUT2D eigenvalue weighted by Crippen LogP contribution is -2.49. The van der Waals surface area contributed by atoms with Crippen LogP contribution >= 0.6 is 23.5 Å². The van der Waals surface area contributed by atoms with Crippen LogP contribution in [0.4, 0.5) is 5.69 Å². The Hall–Kier alpha value is -2.19. The summed E-state index contributed by atoms with van der Waals surface area (Å²) in [5.41, 5.74) is 4.12. The van der Waals surface area contributed by atoms with Gasteiger partial charge in [-0.1, -0.05) is 36.7 Å². The molecule has 2 fully saturated rings. The van der Waals surface area contributed by atoms with Gasteiger partial charge in [-0.05, 0) is 129 Å². The lowest BCUT2D eigenvalue weighted by atomic mass is 9.68. The van der Waals surface area contributed by atoms with Gasteiger partial charge in [-0.15, -0.1) is 0 Å². The summed E-state index contributed by atoms with van der Waals surface area (Å²) in [6, 6.07) is 12.3. The van der Waals surface area contributed by atoms with Gasteiger partial charge in [-0.2, -0.15) is 0 Å². The Bertz CT molecular complexity index is 1400. The highest BCUT2D eigenvalue weighted by molar-refractivity contribution is 7.98. The van der Waals surface area contributed by atoms with E-state index in [1.165, 1.54) is 23.1 Å². The maximum Gasteiger partial charge on any atom is 0.261 e. The first-order valence-electron chi connectivity index (χ1n) is 16.6. The van der Waals surface area contributed by atoms with Crippen molar-refractivity contribution in [1.29, 1.82) is 0 Å². The normalized spacial score (nSPS) is 34.6. The van der Waals surface area contributed by atoms with Gasteiger partial charge in [0.05, 0.1) is 24.5 Å². The zero-order chi connectivity index (χ0) is 30.3. The van der Waals surface area contributed by atoms with E-state index in [0.717, 1.165) is 93.9 Å². The van der Waals surface area contributed by atoms with Crippen LogP contribution in [-0.4, -0.2) is 54.8 Å². The molecule has 1 amide bonds. The van der Waals surface area contributed by atoms with Crippen LogP contribution in [0.15, 0.2) is 48.6 Å². The van der Waals surface area contributed by atoms with E-state index in [2.05, 4.69) is 34.8 Å². The van der Waals surface area contributed by atoms with Crippen LogP contribution < -0.4 is 14.4 Å². The van der Waals surface area contributed by atoms with Gasteiger partial charge in [0, 0.05) is 40.9 Å².